The van der Waals surface area contributed by atoms with Crippen LogP contribution in [-0.4, -0.2) is 70.3 Å². The van der Waals surface area contributed by atoms with Crippen LogP contribution in [0.3, 0.4) is 0 Å². The highest BCUT2D eigenvalue weighted by molar-refractivity contribution is 5.91. The Morgan fingerprint density at radius 3 is 2.68 bits per heavy atom. The van der Waals surface area contributed by atoms with Crippen LogP contribution in [0.5, 0.6) is 11.5 Å². The fourth-order valence-corrected chi connectivity index (χ4v) is 6.77. The van der Waals surface area contributed by atoms with Crippen molar-refractivity contribution in [3.63, 3.8) is 0 Å². The van der Waals surface area contributed by atoms with Gasteiger partial charge >= 0.3 is 0 Å². The number of hydrogen-bond donors (Lipinski definition) is 2. The van der Waals surface area contributed by atoms with Gasteiger partial charge in [-0.15, -0.1) is 0 Å². The lowest BCUT2D eigenvalue weighted by Crippen LogP contribution is -2.72. The molecule has 0 spiro atoms. The first-order chi connectivity index (χ1) is 17.6. The van der Waals surface area contributed by atoms with Gasteiger partial charge in [0.1, 0.15) is 6.10 Å². The van der Waals surface area contributed by atoms with E-state index in [4.69, 9.17) is 9.15 Å². The number of amides is 1. The number of carbonyl (C=O) groups excluding carboxylic acids is 1. The second-order valence-corrected chi connectivity index (χ2v) is 10.8. The Hall–Kier alpha value is -2.77. The molecule has 7 nitrogen and oxygen atoms in total. The summed E-state index contributed by atoms with van der Waals surface area (Å²) in [6.07, 6.45) is 9.79. The molecule has 0 unspecified atom stereocenters. The van der Waals surface area contributed by atoms with E-state index >= 15 is 0 Å². The number of phenolic OH excluding ortho intramolecular Hbond substituents is 1. The summed E-state index contributed by atoms with van der Waals surface area (Å²) in [7, 11) is 3.87. The Kier molecular flexibility index (Phi) is 7.77. The van der Waals surface area contributed by atoms with Crippen molar-refractivity contribution < 1.29 is 24.2 Å². The number of rotatable bonds is 9. The molecule has 1 amide bonds. The van der Waals surface area contributed by atoms with Gasteiger partial charge in [0, 0.05) is 30.3 Å². The molecular formula is C30H42N2O5. The molecule has 1 fully saturated rings. The highest BCUT2D eigenvalue weighted by Gasteiger charge is 2.68. The highest BCUT2D eigenvalue weighted by Crippen LogP contribution is 2.61. The number of aromatic hydroxyl groups is 1. The van der Waals surface area contributed by atoms with Crippen molar-refractivity contribution in [1.29, 1.82) is 0 Å². The van der Waals surface area contributed by atoms with Gasteiger partial charge in [0.25, 0.3) is 0 Å². The molecule has 37 heavy (non-hydrogen) atoms. The molecule has 1 aliphatic heterocycles. The van der Waals surface area contributed by atoms with Gasteiger partial charge in [0.15, 0.2) is 11.5 Å². The third-order valence-electron chi connectivity index (χ3n) is 9.05. The summed E-state index contributed by atoms with van der Waals surface area (Å²) in [5, 5.41) is 23.6. The molecule has 0 saturated heterocycles. The first-order valence-electron chi connectivity index (χ1n) is 13.5. The Bertz CT molecular complexity index is 1130. The lowest BCUT2D eigenvalue weighted by atomic mass is 9.53. The van der Waals surface area contributed by atoms with E-state index in [9.17, 15) is 15.0 Å². The monoisotopic (exact) mass is 510 g/mol. The normalized spacial score (nSPS) is 27.7. The van der Waals surface area contributed by atoms with Crippen molar-refractivity contribution in [2.75, 3.05) is 20.6 Å². The highest BCUT2D eigenvalue weighted by atomic mass is 16.5. The van der Waals surface area contributed by atoms with Gasteiger partial charge in [0.05, 0.1) is 29.6 Å². The van der Waals surface area contributed by atoms with Gasteiger partial charge < -0.3 is 29.2 Å². The van der Waals surface area contributed by atoms with Crippen molar-refractivity contribution in [1.82, 2.24) is 9.80 Å². The number of carbonyl (C=O) groups is 1. The van der Waals surface area contributed by atoms with Gasteiger partial charge in [-0.1, -0.05) is 26.3 Å². The summed E-state index contributed by atoms with van der Waals surface area (Å²) >= 11 is 0. The number of nitrogens with zero attached hydrogens (tertiary/aromatic N) is 2. The van der Waals surface area contributed by atoms with Gasteiger partial charge in [-0.3, -0.25) is 4.79 Å². The number of aryl methyl sites for hydroxylation is 1. The average molecular weight is 511 g/mol. The predicted molar refractivity (Wildman–Crippen MR) is 145 cm³/mol. The van der Waals surface area contributed by atoms with E-state index in [2.05, 4.69) is 32.7 Å². The Labute approximate surface area is 220 Å². The molecule has 0 bridgehead atoms. The van der Waals surface area contributed by atoms with Gasteiger partial charge in [-0.05, 0) is 76.9 Å². The van der Waals surface area contributed by atoms with Crippen LogP contribution in [0, 0.1) is 6.92 Å². The Balaban J connectivity index is 1.78. The minimum atomic E-state index is -1.12. The summed E-state index contributed by atoms with van der Waals surface area (Å²) in [5.74, 6) is 0.371. The van der Waals surface area contributed by atoms with Crippen LogP contribution in [0.15, 0.2) is 41.2 Å². The van der Waals surface area contributed by atoms with E-state index in [0.717, 1.165) is 36.1 Å². The van der Waals surface area contributed by atoms with E-state index < -0.39 is 17.1 Å². The SMILES string of the molecule is CCCCN(C)[C@H](C)[C@]1(O)CC[C@@H](N(C)C(=O)/C=C/c2ccoc2)[C@@H]2Oc3c(O)ccc(C)c3[C@@]21CC. The van der Waals surface area contributed by atoms with E-state index in [-0.39, 0.29) is 23.7 Å². The second kappa shape index (κ2) is 10.5. The average Bonchev–Trinajstić information content (AvgIpc) is 3.55. The molecule has 4 rings (SSSR count). The smallest absolute Gasteiger partial charge is 0.246 e. The number of benzene rings is 1. The lowest BCUT2D eigenvalue weighted by Gasteiger charge is -2.58. The fourth-order valence-electron chi connectivity index (χ4n) is 6.77. The van der Waals surface area contributed by atoms with E-state index in [1.807, 2.05) is 13.0 Å². The number of ether oxygens (including phenoxy) is 1. The van der Waals surface area contributed by atoms with Crippen LogP contribution < -0.4 is 4.74 Å². The van der Waals surface area contributed by atoms with Crippen LogP contribution in [0.25, 0.3) is 6.08 Å². The first kappa shape index (κ1) is 27.3. The third kappa shape index (κ3) is 4.36. The van der Waals surface area contributed by atoms with Crippen LogP contribution in [-0.2, 0) is 10.2 Å². The molecule has 2 aromatic rings. The molecule has 2 heterocycles. The number of furan rings is 1. The molecule has 0 radical (unpaired) electrons. The molecule has 5 atom stereocenters. The second-order valence-electron chi connectivity index (χ2n) is 10.8. The predicted octanol–water partition coefficient (Wildman–Crippen LogP) is 4.89. The molecular weight excluding hydrogens is 468 g/mol. The summed E-state index contributed by atoms with van der Waals surface area (Å²) in [6, 6.07) is 4.92. The summed E-state index contributed by atoms with van der Waals surface area (Å²) in [4.78, 5) is 17.3. The molecule has 1 aromatic heterocycles. The topological polar surface area (TPSA) is 86.4 Å². The quantitative estimate of drug-likeness (QED) is 0.467. The zero-order valence-corrected chi connectivity index (χ0v) is 23.0. The number of aliphatic hydroxyl groups is 1. The van der Waals surface area contributed by atoms with Crippen LogP contribution in [0.1, 0.15) is 69.6 Å². The van der Waals surface area contributed by atoms with Crippen LogP contribution in [0.4, 0.5) is 0 Å². The summed E-state index contributed by atoms with van der Waals surface area (Å²) in [5.41, 5.74) is 0.755. The molecule has 2 aliphatic rings. The minimum Gasteiger partial charge on any atom is -0.504 e. The van der Waals surface area contributed by atoms with Crippen LogP contribution in [0.2, 0.25) is 0 Å². The summed E-state index contributed by atoms with van der Waals surface area (Å²) in [6.45, 7) is 9.26. The standard InChI is InChI=1S/C30H42N2O5/c1-7-9-17-31(5)21(4)30(35)16-14-23(32(6)25(34)13-11-22-15-18-36-19-22)28-29(30,8-2)26-20(3)10-12-24(33)27(26)37-28/h10-13,15,18-19,21,23,28,33,35H,7-9,14,16-17H2,1-6H3/b13-11+/t21-,23-,28+,29+,30-/m1/s1. The third-order valence-corrected chi connectivity index (χ3v) is 9.05. The number of likely N-dealkylation sites (N-methyl/N-ethyl adjacent to an activating group) is 2. The van der Waals surface area contributed by atoms with Crippen molar-refractivity contribution in [3.05, 3.63) is 53.5 Å². The fraction of sp³-hybridized carbons (Fsp3) is 0.567. The van der Waals surface area contributed by atoms with Crippen LogP contribution >= 0.6 is 0 Å². The largest absolute Gasteiger partial charge is 0.504 e. The molecule has 1 aliphatic carbocycles. The van der Waals surface area contributed by atoms with Gasteiger partial charge in [0.2, 0.25) is 5.91 Å². The molecule has 202 valence electrons. The van der Waals surface area contributed by atoms with Crippen molar-refractivity contribution in [3.8, 4) is 11.5 Å². The molecule has 1 aromatic carbocycles. The van der Waals surface area contributed by atoms with Crippen molar-refractivity contribution >= 4 is 12.0 Å². The van der Waals surface area contributed by atoms with E-state index in [1.165, 1.54) is 0 Å². The zero-order valence-electron chi connectivity index (χ0n) is 23.0. The van der Waals surface area contributed by atoms with Crippen molar-refractivity contribution in [2.24, 2.45) is 0 Å². The maximum atomic E-state index is 13.3. The zero-order chi connectivity index (χ0) is 27.0. The molecule has 1 saturated carbocycles. The minimum absolute atomic E-state index is 0.0738. The maximum Gasteiger partial charge on any atom is 0.246 e. The van der Waals surface area contributed by atoms with Gasteiger partial charge in [-0.2, -0.15) is 0 Å². The van der Waals surface area contributed by atoms with Gasteiger partial charge in [-0.25, -0.2) is 0 Å². The maximum absolute atomic E-state index is 13.3. The van der Waals surface area contributed by atoms with Crippen molar-refractivity contribution in [2.45, 2.75) is 89.0 Å². The number of hydrogen-bond acceptors (Lipinski definition) is 6. The lowest BCUT2D eigenvalue weighted by molar-refractivity contribution is -0.168. The number of unbranched alkanes of at least 4 members (excludes halogenated alkanes) is 1. The van der Waals surface area contributed by atoms with E-state index in [1.54, 1.807) is 48.8 Å². The number of fused-ring (bicyclic) bond motifs is 3. The number of phenols is 1. The Morgan fingerprint density at radius 1 is 1.27 bits per heavy atom. The first-order valence-corrected chi connectivity index (χ1v) is 13.5. The van der Waals surface area contributed by atoms with E-state index in [0.29, 0.717) is 25.0 Å². The molecule has 7 heteroatoms. The summed E-state index contributed by atoms with van der Waals surface area (Å²) < 4.78 is 11.7. The Morgan fingerprint density at radius 2 is 2.03 bits per heavy atom. The molecule has 2 N–H and O–H groups in total.